The summed E-state index contributed by atoms with van der Waals surface area (Å²) in [7, 11) is -3.78. The van der Waals surface area contributed by atoms with Crippen LogP contribution in [0.15, 0.2) is 30.0 Å². The molecule has 0 rings (SSSR count). The molecule has 0 radical (unpaired) electrons. The van der Waals surface area contributed by atoms with E-state index in [4.69, 9.17) is 8.85 Å². The van der Waals surface area contributed by atoms with Gasteiger partial charge in [0.15, 0.2) is 8.32 Å². The first-order valence-corrected chi connectivity index (χ1v) is 16.0. The molecule has 0 saturated heterocycles. The van der Waals surface area contributed by atoms with E-state index in [0.29, 0.717) is 16.6 Å². The highest BCUT2D eigenvalue weighted by Crippen LogP contribution is 2.44. The first-order valence-electron chi connectivity index (χ1n) is 10.9. The number of hydrogen-bond donors (Lipinski definition) is 0. The van der Waals surface area contributed by atoms with Crippen LogP contribution in [-0.4, -0.2) is 28.8 Å². The lowest BCUT2D eigenvalue weighted by Gasteiger charge is -2.44. The lowest BCUT2D eigenvalue weighted by atomic mass is 10.1. The average molecular weight is 425 g/mol. The SMILES string of the molecule is C=C=C(C)C(/C=C/[C@H](C)O[Si](C)(C)C(C)(C)C)O[Si](C(C)C)(C(C)C)C(C)C. The van der Waals surface area contributed by atoms with Crippen molar-refractivity contribution in [1.82, 2.24) is 0 Å². The Balaban J connectivity index is 5.73. The molecule has 0 fully saturated rings. The van der Waals surface area contributed by atoms with Crippen LogP contribution >= 0.6 is 0 Å². The Hall–Kier alpha value is -0.386. The van der Waals surface area contributed by atoms with E-state index in [9.17, 15) is 0 Å². The van der Waals surface area contributed by atoms with Crippen molar-refractivity contribution in [3.63, 3.8) is 0 Å². The van der Waals surface area contributed by atoms with Crippen molar-refractivity contribution < 1.29 is 8.85 Å². The third kappa shape index (κ3) is 6.84. The Morgan fingerprint density at radius 1 is 0.857 bits per heavy atom. The Bertz CT molecular complexity index is 540. The van der Waals surface area contributed by atoms with Crippen molar-refractivity contribution >= 4 is 16.6 Å². The van der Waals surface area contributed by atoms with Crippen molar-refractivity contribution in [1.29, 1.82) is 0 Å². The largest absolute Gasteiger partial charge is 0.411 e. The fourth-order valence-electron chi connectivity index (χ4n) is 3.94. The molecule has 2 nitrogen and oxygen atoms in total. The molecule has 0 N–H and O–H groups in total. The molecule has 0 amide bonds. The molecule has 4 heteroatoms. The second-order valence-electron chi connectivity index (χ2n) is 10.7. The van der Waals surface area contributed by atoms with Gasteiger partial charge in [0.25, 0.3) is 0 Å². The van der Waals surface area contributed by atoms with E-state index >= 15 is 0 Å². The van der Waals surface area contributed by atoms with Crippen molar-refractivity contribution in [2.75, 3.05) is 0 Å². The fraction of sp³-hybridized carbons (Fsp3) is 0.792. The van der Waals surface area contributed by atoms with E-state index in [2.05, 4.69) is 114 Å². The lowest BCUT2D eigenvalue weighted by Crippen LogP contribution is -2.50. The van der Waals surface area contributed by atoms with E-state index in [1.54, 1.807) is 0 Å². The fourth-order valence-corrected chi connectivity index (χ4v) is 10.8. The van der Waals surface area contributed by atoms with Crippen LogP contribution in [0.4, 0.5) is 0 Å². The smallest absolute Gasteiger partial charge is 0.201 e. The Kier molecular flexibility index (Phi) is 10.4. The third-order valence-electron chi connectivity index (χ3n) is 6.59. The minimum atomic E-state index is -1.99. The summed E-state index contributed by atoms with van der Waals surface area (Å²) in [6, 6.07) is 0. The maximum atomic E-state index is 6.99. The minimum absolute atomic E-state index is 0.0674. The van der Waals surface area contributed by atoms with Crippen LogP contribution in [0, 0.1) is 0 Å². The summed E-state index contributed by atoms with van der Waals surface area (Å²) < 4.78 is 13.5. The highest BCUT2D eigenvalue weighted by Gasteiger charge is 2.46. The molecule has 2 atom stereocenters. The van der Waals surface area contributed by atoms with Gasteiger partial charge in [-0.1, -0.05) is 81.0 Å². The van der Waals surface area contributed by atoms with Crippen LogP contribution in [0.2, 0.25) is 34.8 Å². The molecule has 0 aliphatic heterocycles. The molecule has 0 aromatic heterocycles. The predicted molar refractivity (Wildman–Crippen MR) is 131 cm³/mol. The van der Waals surface area contributed by atoms with Gasteiger partial charge in [0.2, 0.25) is 8.32 Å². The van der Waals surface area contributed by atoms with Gasteiger partial charge in [0.1, 0.15) is 0 Å². The summed E-state index contributed by atoms with van der Waals surface area (Å²) in [6.07, 6.45) is 4.34. The summed E-state index contributed by atoms with van der Waals surface area (Å²) in [5.41, 5.74) is 5.76. The molecule has 0 aromatic carbocycles. The van der Waals surface area contributed by atoms with Crippen LogP contribution in [0.3, 0.4) is 0 Å². The first kappa shape index (κ1) is 27.6. The molecule has 0 spiro atoms. The zero-order valence-corrected chi connectivity index (χ0v) is 23.1. The number of hydrogen-bond acceptors (Lipinski definition) is 2. The van der Waals surface area contributed by atoms with Gasteiger partial charge in [-0.25, -0.2) is 0 Å². The molecule has 0 aliphatic rings. The van der Waals surface area contributed by atoms with Gasteiger partial charge < -0.3 is 8.85 Å². The van der Waals surface area contributed by atoms with Gasteiger partial charge in [-0.05, 0) is 54.2 Å². The van der Waals surface area contributed by atoms with Crippen LogP contribution < -0.4 is 0 Å². The standard InChI is InChI=1S/C24H48O2Si2/c1-15-21(8)23(26-28(18(2)3,19(4)5)20(6)7)17-16-22(9)25-27(13,14)24(10,11)12/h16-20,22-23H,1H2,2-14H3/b17-16+/t22-,23?/m0/s1. The van der Waals surface area contributed by atoms with Gasteiger partial charge in [0.05, 0.1) is 12.2 Å². The normalized spacial score (nSPS) is 16.1. The average Bonchev–Trinajstić information content (AvgIpc) is 2.51. The summed E-state index contributed by atoms with van der Waals surface area (Å²) >= 11 is 0. The zero-order valence-electron chi connectivity index (χ0n) is 21.1. The molecule has 0 saturated carbocycles. The molecule has 0 heterocycles. The van der Waals surface area contributed by atoms with Gasteiger partial charge in [-0.3, -0.25) is 0 Å². The first-order chi connectivity index (χ1) is 12.5. The molecule has 0 aromatic rings. The predicted octanol–water partition coefficient (Wildman–Crippen LogP) is 8.24. The Labute approximate surface area is 178 Å². The molecular weight excluding hydrogens is 376 g/mol. The molecular formula is C24H48O2Si2. The van der Waals surface area contributed by atoms with Crippen LogP contribution in [0.5, 0.6) is 0 Å². The maximum absolute atomic E-state index is 6.99. The summed E-state index contributed by atoms with van der Waals surface area (Å²) in [4.78, 5) is 0. The Morgan fingerprint density at radius 2 is 1.29 bits per heavy atom. The lowest BCUT2D eigenvalue weighted by molar-refractivity contribution is 0.231. The van der Waals surface area contributed by atoms with Crippen molar-refractivity contribution in [3.8, 4) is 0 Å². The van der Waals surface area contributed by atoms with Gasteiger partial charge in [0, 0.05) is 0 Å². The van der Waals surface area contributed by atoms with Crippen molar-refractivity contribution in [2.24, 2.45) is 0 Å². The molecule has 28 heavy (non-hydrogen) atoms. The van der Waals surface area contributed by atoms with E-state index in [-0.39, 0.29) is 17.2 Å². The minimum Gasteiger partial charge on any atom is -0.411 e. The van der Waals surface area contributed by atoms with Gasteiger partial charge >= 0.3 is 0 Å². The van der Waals surface area contributed by atoms with E-state index < -0.39 is 16.6 Å². The van der Waals surface area contributed by atoms with Crippen LogP contribution in [-0.2, 0) is 8.85 Å². The van der Waals surface area contributed by atoms with E-state index in [0.717, 1.165) is 5.57 Å². The molecule has 164 valence electrons. The quantitative estimate of drug-likeness (QED) is 0.200. The van der Waals surface area contributed by atoms with Crippen molar-refractivity contribution in [2.45, 2.75) is 123 Å². The van der Waals surface area contributed by atoms with Gasteiger partial charge in [-0.2, -0.15) is 0 Å². The zero-order chi connectivity index (χ0) is 22.5. The monoisotopic (exact) mass is 424 g/mol. The second kappa shape index (κ2) is 10.6. The van der Waals surface area contributed by atoms with E-state index in [1.165, 1.54) is 0 Å². The van der Waals surface area contributed by atoms with E-state index in [1.807, 2.05) is 0 Å². The second-order valence-corrected chi connectivity index (χ2v) is 20.8. The Morgan fingerprint density at radius 3 is 1.61 bits per heavy atom. The van der Waals surface area contributed by atoms with Crippen LogP contribution in [0.1, 0.15) is 76.2 Å². The van der Waals surface area contributed by atoms with Crippen LogP contribution in [0.25, 0.3) is 0 Å². The topological polar surface area (TPSA) is 18.5 Å². The molecule has 0 bridgehead atoms. The summed E-state index contributed by atoms with van der Waals surface area (Å²) in [5.74, 6) is 0. The van der Waals surface area contributed by atoms with Crippen molar-refractivity contribution in [3.05, 3.63) is 30.0 Å². The highest BCUT2D eigenvalue weighted by molar-refractivity contribution is 6.77. The van der Waals surface area contributed by atoms with Gasteiger partial charge in [-0.15, -0.1) is 5.73 Å². The maximum Gasteiger partial charge on any atom is 0.201 e. The highest BCUT2D eigenvalue weighted by atomic mass is 28.4. The molecule has 1 unspecified atom stereocenters. The molecule has 0 aliphatic carbocycles. The third-order valence-corrected chi connectivity index (χ3v) is 17.2. The number of rotatable bonds is 10. The summed E-state index contributed by atoms with van der Waals surface area (Å²) in [5, 5.41) is 0.205. The summed E-state index contributed by atoms with van der Waals surface area (Å²) in [6.45, 7) is 33.5.